The number of aliphatic hydroxyl groups is 1. The highest BCUT2D eigenvalue weighted by Crippen LogP contribution is 2.15. The minimum Gasteiger partial charge on any atom is -0.394 e. The minimum absolute atomic E-state index is 0.118. The zero-order valence-electron chi connectivity index (χ0n) is 8.11. The van der Waals surface area contributed by atoms with Gasteiger partial charge in [-0.3, -0.25) is 0 Å². The van der Waals surface area contributed by atoms with Crippen molar-refractivity contribution in [2.45, 2.75) is 32.2 Å². The summed E-state index contributed by atoms with van der Waals surface area (Å²) in [5.41, 5.74) is 1.11. The lowest BCUT2D eigenvalue weighted by Crippen LogP contribution is -2.47. The molecule has 0 saturated carbocycles. The maximum atomic E-state index is 9.20. The smallest absolute Gasteiger partial charge is 0.0613 e. The molecule has 0 aliphatic rings. The van der Waals surface area contributed by atoms with Gasteiger partial charge in [-0.05, 0) is 12.8 Å². The highest BCUT2D eigenvalue weighted by molar-refractivity contribution is 6.36. The normalized spacial score (nSPS) is 13.5. The third-order valence-electron chi connectivity index (χ3n) is 2.41. The molecule has 0 radical (unpaired) electrons. The Morgan fingerprint density at radius 1 is 1.46 bits per heavy atom. The van der Waals surface area contributed by atoms with Crippen molar-refractivity contribution < 1.29 is 5.11 Å². The fourth-order valence-corrected chi connectivity index (χ4v) is 1.23. The van der Waals surface area contributed by atoms with E-state index in [4.69, 9.17) is 23.2 Å². The van der Waals surface area contributed by atoms with Gasteiger partial charge in [0.2, 0.25) is 0 Å². The molecule has 0 amide bonds. The summed E-state index contributed by atoms with van der Waals surface area (Å²) in [7, 11) is 0. The first-order valence-corrected chi connectivity index (χ1v) is 5.26. The summed E-state index contributed by atoms with van der Waals surface area (Å²) >= 11 is 11.1. The van der Waals surface area contributed by atoms with E-state index in [1.165, 1.54) is 5.54 Å². The first-order chi connectivity index (χ1) is 6.14. The van der Waals surface area contributed by atoms with Crippen LogP contribution in [0.4, 0.5) is 0 Å². The summed E-state index contributed by atoms with van der Waals surface area (Å²) in [6.07, 6.45) is 1.74. The van der Waals surface area contributed by atoms with Crippen LogP contribution in [0.2, 0.25) is 0 Å². The Bertz CT molecular complexity index is 159. The van der Waals surface area contributed by atoms with E-state index in [1.54, 1.807) is 0 Å². The summed E-state index contributed by atoms with van der Waals surface area (Å²) < 4.78 is 0. The molecule has 0 aromatic heterocycles. The van der Waals surface area contributed by atoms with Crippen LogP contribution < -0.4 is 5.32 Å². The number of hydrogen-bond acceptors (Lipinski definition) is 2. The van der Waals surface area contributed by atoms with E-state index >= 15 is 0 Å². The van der Waals surface area contributed by atoms with Gasteiger partial charge in [0.15, 0.2) is 0 Å². The van der Waals surface area contributed by atoms with E-state index in [-0.39, 0.29) is 12.1 Å². The number of nitrogens with one attached hydrogen (secondary N) is 1. The fraction of sp³-hybridized carbons (Fsp3) is 0.778. The van der Waals surface area contributed by atoms with Crippen LogP contribution in [0.5, 0.6) is 0 Å². The number of hydrogen-bond donors (Lipinski definition) is 2. The Morgan fingerprint density at radius 3 is 2.31 bits per heavy atom. The second-order valence-corrected chi connectivity index (χ2v) is 3.76. The molecule has 0 unspecified atom stereocenters. The van der Waals surface area contributed by atoms with Crippen LogP contribution in [0.1, 0.15) is 26.7 Å². The summed E-state index contributed by atoms with van der Waals surface area (Å²) in [6, 6.07) is 0. The van der Waals surface area contributed by atoms with Gasteiger partial charge in [-0.15, -0.1) is 0 Å². The van der Waals surface area contributed by atoms with Crippen molar-refractivity contribution in [3.8, 4) is 0 Å². The van der Waals surface area contributed by atoms with Gasteiger partial charge < -0.3 is 10.4 Å². The van der Waals surface area contributed by atoms with Crippen molar-refractivity contribution >= 4 is 23.2 Å². The third-order valence-corrected chi connectivity index (χ3v) is 3.02. The van der Waals surface area contributed by atoms with Crippen molar-refractivity contribution in [1.82, 2.24) is 5.32 Å². The lowest BCUT2D eigenvalue weighted by atomic mass is 9.94. The minimum atomic E-state index is -0.222. The maximum Gasteiger partial charge on any atom is 0.0613 e. The maximum absolute atomic E-state index is 9.20. The number of halogens is 2. The van der Waals surface area contributed by atoms with Crippen molar-refractivity contribution in [3.05, 3.63) is 10.6 Å². The molecule has 0 atom stereocenters. The topological polar surface area (TPSA) is 32.3 Å². The highest BCUT2D eigenvalue weighted by Gasteiger charge is 2.23. The summed E-state index contributed by atoms with van der Waals surface area (Å²) in [5.74, 6) is 0. The van der Waals surface area contributed by atoms with Gasteiger partial charge in [0.05, 0.1) is 6.61 Å². The number of aliphatic hydroxyl groups excluding tert-OH is 1. The monoisotopic (exact) mass is 225 g/mol. The second kappa shape index (κ2) is 6.66. The zero-order valence-corrected chi connectivity index (χ0v) is 9.62. The van der Waals surface area contributed by atoms with Crippen LogP contribution in [0.15, 0.2) is 10.6 Å². The standard InChI is InChI=1S/C9H17Cl2NO/c1-3-9(4-2,7-13)12-6-8(11)5-10/h5,12-13H,3-4,6-7H2,1-2H3. The Kier molecular flexibility index (Phi) is 6.78. The predicted octanol–water partition coefficient (Wildman–Crippen LogP) is 2.45. The van der Waals surface area contributed by atoms with Crippen LogP contribution in [0.25, 0.3) is 0 Å². The molecule has 0 aromatic carbocycles. The van der Waals surface area contributed by atoms with Crippen molar-refractivity contribution in [1.29, 1.82) is 0 Å². The molecule has 0 rings (SSSR count). The van der Waals surface area contributed by atoms with E-state index in [9.17, 15) is 5.11 Å². The molecular weight excluding hydrogens is 209 g/mol. The van der Waals surface area contributed by atoms with Crippen LogP contribution >= 0.6 is 23.2 Å². The van der Waals surface area contributed by atoms with Gasteiger partial charge in [0.1, 0.15) is 0 Å². The van der Waals surface area contributed by atoms with Crippen molar-refractivity contribution in [3.63, 3.8) is 0 Å². The van der Waals surface area contributed by atoms with E-state index in [2.05, 4.69) is 5.32 Å². The lowest BCUT2D eigenvalue weighted by molar-refractivity contribution is 0.155. The first-order valence-electron chi connectivity index (χ1n) is 4.44. The van der Waals surface area contributed by atoms with E-state index in [1.807, 2.05) is 13.8 Å². The third kappa shape index (κ3) is 4.32. The Morgan fingerprint density at radius 2 is 2.00 bits per heavy atom. The Balaban J connectivity index is 4.10. The van der Waals surface area contributed by atoms with Gasteiger partial charge in [-0.25, -0.2) is 0 Å². The van der Waals surface area contributed by atoms with Crippen LogP contribution in [-0.2, 0) is 0 Å². The quantitative estimate of drug-likeness (QED) is 0.729. The fourth-order valence-electron chi connectivity index (χ4n) is 1.09. The molecule has 2 N–H and O–H groups in total. The molecule has 0 aliphatic heterocycles. The lowest BCUT2D eigenvalue weighted by Gasteiger charge is -2.30. The molecule has 0 bridgehead atoms. The first kappa shape index (κ1) is 13.2. The predicted molar refractivity (Wildman–Crippen MR) is 58.2 cm³/mol. The van der Waals surface area contributed by atoms with E-state index < -0.39 is 0 Å². The van der Waals surface area contributed by atoms with Gasteiger partial charge in [-0.1, -0.05) is 37.0 Å². The molecule has 0 aliphatic carbocycles. The molecule has 13 heavy (non-hydrogen) atoms. The van der Waals surface area contributed by atoms with Crippen LogP contribution in [0, 0.1) is 0 Å². The van der Waals surface area contributed by atoms with E-state index in [0.29, 0.717) is 11.6 Å². The van der Waals surface area contributed by atoms with Gasteiger partial charge >= 0.3 is 0 Å². The highest BCUT2D eigenvalue weighted by atomic mass is 35.5. The molecule has 0 heterocycles. The molecule has 2 nitrogen and oxygen atoms in total. The van der Waals surface area contributed by atoms with Gasteiger partial charge in [0.25, 0.3) is 0 Å². The summed E-state index contributed by atoms with van der Waals surface area (Å²) in [6.45, 7) is 4.69. The van der Waals surface area contributed by atoms with Crippen LogP contribution in [-0.4, -0.2) is 23.8 Å². The van der Waals surface area contributed by atoms with Crippen molar-refractivity contribution in [2.75, 3.05) is 13.2 Å². The average Bonchev–Trinajstić information content (AvgIpc) is 2.20. The average molecular weight is 226 g/mol. The van der Waals surface area contributed by atoms with Crippen molar-refractivity contribution in [2.24, 2.45) is 0 Å². The van der Waals surface area contributed by atoms with Gasteiger partial charge in [-0.2, -0.15) is 0 Å². The SMILES string of the molecule is CCC(CC)(CO)NCC(Cl)=CCl. The zero-order chi connectivity index (χ0) is 10.3. The molecule has 78 valence electrons. The molecule has 0 aromatic rings. The van der Waals surface area contributed by atoms with Crippen LogP contribution in [0.3, 0.4) is 0 Å². The molecule has 0 spiro atoms. The number of rotatable bonds is 6. The summed E-state index contributed by atoms with van der Waals surface area (Å²) in [4.78, 5) is 0. The second-order valence-electron chi connectivity index (χ2n) is 3.06. The molecule has 4 heteroatoms. The van der Waals surface area contributed by atoms with E-state index in [0.717, 1.165) is 12.8 Å². The summed E-state index contributed by atoms with van der Waals surface area (Å²) in [5, 5.41) is 13.0. The molecular formula is C9H17Cl2NO. The molecule has 0 saturated heterocycles. The molecule has 0 fully saturated rings. The largest absolute Gasteiger partial charge is 0.394 e. The Labute approximate surface area is 89.9 Å². The Hall–Kier alpha value is 0.240. The van der Waals surface area contributed by atoms with Gasteiger partial charge in [0, 0.05) is 22.7 Å².